The average molecular weight is 290 g/mol. The summed E-state index contributed by atoms with van der Waals surface area (Å²) >= 11 is 5.62. The maximum Gasteiger partial charge on any atom is 0.175 e. The Balaban J connectivity index is 2.57. The number of benzene rings is 1. The molecule has 0 saturated heterocycles. The van der Waals surface area contributed by atoms with Gasteiger partial charge in [-0.1, -0.05) is 6.42 Å². The smallest absolute Gasteiger partial charge is 0.175 e. The highest BCUT2D eigenvalue weighted by Gasteiger charge is 2.07. The van der Waals surface area contributed by atoms with Crippen LogP contribution in [-0.2, 0) is 9.84 Å². The second-order valence-corrected chi connectivity index (χ2v) is 6.83. The van der Waals surface area contributed by atoms with E-state index in [0.29, 0.717) is 10.8 Å². The molecule has 18 heavy (non-hydrogen) atoms. The van der Waals surface area contributed by atoms with E-state index in [1.807, 2.05) is 19.2 Å². The minimum absolute atomic E-state index is 0.363. The van der Waals surface area contributed by atoms with Crippen molar-refractivity contribution in [2.24, 2.45) is 0 Å². The van der Waals surface area contributed by atoms with E-state index >= 15 is 0 Å². The standard InChI is InChI=1S/C13H20ClNO2S/c1-15(11-5-3-4-10-14)12-6-8-13(9-7-12)18(2,16)17/h6-9H,3-5,10-11H2,1-2H3. The van der Waals surface area contributed by atoms with Gasteiger partial charge < -0.3 is 4.90 Å². The van der Waals surface area contributed by atoms with E-state index in [4.69, 9.17) is 11.6 Å². The summed E-state index contributed by atoms with van der Waals surface area (Å²) in [5.41, 5.74) is 1.04. The van der Waals surface area contributed by atoms with Crippen LogP contribution in [0.4, 0.5) is 5.69 Å². The number of hydrogen-bond acceptors (Lipinski definition) is 3. The zero-order valence-electron chi connectivity index (χ0n) is 10.9. The molecule has 0 atom stereocenters. The summed E-state index contributed by atoms with van der Waals surface area (Å²) in [6.07, 6.45) is 4.48. The zero-order valence-corrected chi connectivity index (χ0v) is 12.5. The van der Waals surface area contributed by atoms with E-state index < -0.39 is 9.84 Å². The molecular weight excluding hydrogens is 270 g/mol. The molecule has 1 aromatic rings. The fraction of sp³-hybridized carbons (Fsp3) is 0.538. The average Bonchev–Trinajstić information content (AvgIpc) is 2.33. The Hall–Kier alpha value is -0.740. The largest absolute Gasteiger partial charge is 0.375 e. The van der Waals surface area contributed by atoms with Gasteiger partial charge in [-0.3, -0.25) is 0 Å². The fourth-order valence-electron chi connectivity index (χ4n) is 1.70. The second kappa shape index (κ2) is 7.00. The Labute approximate surface area is 115 Å². The van der Waals surface area contributed by atoms with Gasteiger partial charge in [-0.25, -0.2) is 8.42 Å². The van der Waals surface area contributed by atoms with E-state index in [2.05, 4.69) is 4.90 Å². The minimum Gasteiger partial charge on any atom is -0.375 e. The number of rotatable bonds is 7. The van der Waals surface area contributed by atoms with Crippen molar-refractivity contribution in [2.45, 2.75) is 24.2 Å². The van der Waals surface area contributed by atoms with E-state index in [1.54, 1.807) is 12.1 Å². The SMILES string of the molecule is CN(CCCCCCl)c1ccc(S(C)(=O)=O)cc1. The summed E-state index contributed by atoms with van der Waals surface area (Å²) in [5, 5.41) is 0. The van der Waals surface area contributed by atoms with Gasteiger partial charge in [0.2, 0.25) is 0 Å². The number of halogens is 1. The Bertz CT molecular complexity index is 456. The predicted molar refractivity (Wildman–Crippen MR) is 77.4 cm³/mol. The van der Waals surface area contributed by atoms with Gasteiger partial charge in [0.15, 0.2) is 9.84 Å². The minimum atomic E-state index is -3.10. The molecule has 0 heterocycles. The molecule has 0 N–H and O–H groups in total. The van der Waals surface area contributed by atoms with Crippen LogP contribution in [0.1, 0.15) is 19.3 Å². The number of unbranched alkanes of at least 4 members (excludes halogenated alkanes) is 2. The summed E-state index contributed by atoms with van der Waals surface area (Å²) in [4.78, 5) is 2.49. The summed E-state index contributed by atoms with van der Waals surface area (Å²) in [7, 11) is -1.09. The van der Waals surface area contributed by atoms with Crippen molar-refractivity contribution in [3.05, 3.63) is 24.3 Å². The Morgan fingerprint density at radius 2 is 1.72 bits per heavy atom. The first-order valence-corrected chi connectivity index (χ1v) is 8.45. The van der Waals surface area contributed by atoms with Gasteiger partial charge in [-0.2, -0.15) is 0 Å². The molecule has 0 saturated carbocycles. The summed E-state index contributed by atoms with van der Waals surface area (Å²) < 4.78 is 22.7. The molecule has 0 radical (unpaired) electrons. The Morgan fingerprint density at radius 3 is 2.22 bits per heavy atom. The van der Waals surface area contributed by atoms with Gasteiger partial charge in [-0.05, 0) is 37.1 Å². The van der Waals surface area contributed by atoms with Crippen molar-refractivity contribution in [1.29, 1.82) is 0 Å². The maximum atomic E-state index is 11.3. The van der Waals surface area contributed by atoms with Crippen LogP contribution in [0.5, 0.6) is 0 Å². The first-order valence-electron chi connectivity index (χ1n) is 6.02. The molecule has 3 nitrogen and oxygen atoms in total. The normalized spacial score (nSPS) is 11.5. The molecule has 0 bridgehead atoms. The van der Waals surface area contributed by atoms with Gasteiger partial charge >= 0.3 is 0 Å². The highest BCUT2D eigenvalue weighted by atomic mass is 35.5. The molecule has 1 aromatic carbocycles. The van der Waals surface area contributed by atoms with Crippen molar-refractivity contribution in [2.75, 3.05) is 30.6 Å². The summed E-state index contributed by atoms with van der Waals surface area (Å²) in [6, 6.07) is 7.00. The lowest BCUT2D eigenvalue weighted by molar-refractivity contribution is 0.602. The van der Waals surface area contributed by atoms with Crippen LogP contribution in [0.2, 0.25) is 0 Å². The van der Waals surface area contributed by atoms with Gasteiger partial charge in [0.05, 0.1) is 4.90 Å². The molecule has 0 aliphatic heterocycles. The highest BCUT2D eigenvalue weighted by Crippen LogP contribution is 2.17. The van der Waals surface area contributed by atoms with Gasteiger partial charge in [0, 0.05) is 31.4 Å². The van der Waals surface area contributed by atoms with Gasteiger partial charge in [-0.15, -0.1) is 11.6 Å². The molecule has 0 aromatic heterocycles. The molecule has 0 unspecified atom stereocenters. The third kappa shape index (κ3) is 4.86. The highest BCUT2D eigenvalue weighted by molar-refractivity contribution is 7.90. The summed E-state index contributed by atoms with van der Waals surface area (Å²) in [5.74, 6) is 0.715. The lowest BCUT2D eigenvalue weighted by atomic mass is 10.2. The van der Waals surface area contributed by atoms with Gasteiger partial charge in [0.1, 0.15) is 0 Å². The third-order valence-corrected chi connectivity index (χ3v) is 4.23. The molecular formula is C13H20ClNO2S. The topological polar surface area (TPSA) is 37.4 Å². The number of alkyl halides is 1. The van der Waals surface area contributed by atoms with E-state index in [1.165, 1.54) is 6.26 Å². The van der Waals surface area contributed by atoms with Crippen LogP contribution in [-0.4, -0.2) is 34.1 Å². The van der Waals surface area contributed by atoms with E-state index in [0.717, 1.165) is 31.5 Å². The summed E-state index contributed by atoms with van der Waals surface area (Å²) in [6.45, 7) is 0.953. The van der Waals surface area contributed by atoms with Gasteiger partial charge in [0.25, 0.3) is 0 Å². The molecule has 1 rings (SSSR count). The first-order chi connectivity index (χ1) is 8.45. The monoisotopic (exact) mass is 289 g/mol. The molecule has 0 aliphatic carbocycles. The molecule has 102 valence electrons. The van der Waals surface area contributed by atoms with E-state index in [9.17, 15) is 8.42 Å². The van der Waals surface area contributed by atoms with Crippen molar-refractivity contribution in [3.8, 4) is 0 Å². The number of hydrogen-bond donors (Lipinski definition) is 0. The molecule has 0 spiro atoms. The van der Waals surface area contributed by atoms with Crippen LogP contribution in [0.3, 0.4) is 0 Å². The lowest BCUT2D eigenvalue weighted by Gasteiger charge is -2.19. The Kier molecular flexibility index (Phi) is 5.96. The van der Waals surface area contributed by atoms with Crippen LogP contribution >= 0.6 is 11.6 Å². The number of anilines is 1. The van der Waals surface area contributed by atoms with Crippen LogP contribution in [0, 0.1) is 0 Å². The molecule has 5 heteroatoms. The number of sulfone groups is 1. The Morgan fingerprint density at radius 1 is 1.11 bits per heavy atom. The van der Waals surface area contributed by atoms with Crippen molar-refractivity contribution < 1.29 is 8.42 Å². The maximum absolute atomic E-state index is 11.3. The lowest BCUT2D eigenvalue weighted by Crippen LogP contribution is -2.18. The van der Waals surface area contributed by atoms with Crippen molar-refractivity contribution >= 4 is 27.1 Å². The van der Waals surface area contributed by atoms with Crippen molar-refractivity contribution in [1.82, 2.24) is 0 Å². The molecule has 0 amide bonds. The van der Waals surface area contributed by atoms with Crippen LogP contribution < -0.4 is 4.90 Å². The number of nitrogens with zero attached hydrogens (tertiary/aromatic N) is 1. The predicted octanol–water partition coefficient (Wildman–Crippen LogP) is 2.94. The zero-order chi connectivity index (χ0) is 13.6. The van der Waals surface area contributed by atoms with Crippen molar-refractivity contribution in [3.63, 3.8) is 0 Å². The fourth-order valence-corrected chi connectivity index (χ4v) is 2.52. The second-order valence-electron chi connectivity index (χ2n) is 4.44. The van der Waals surface area contributed by atoms with E-state index in [-0.39, 0.29) is 0 Å². The van der Waals surface area contributed by atoms with Crippen LogP contribution in [0.15, 0.2) is 29.2 Å². The third-order valence-electron chi connectivity index (χ3n) is 2.83. The molecule has 0 fully saturated rings. The quantitative estimate of drug-likeness (QED) is 0.572. The molecule has 0 aliphatic rings. The van der Waals surface area contributed by atoms with Crippen LogP contribution in [0.25, 0.3) is 0 Å². The first kappa shape index (κ1) is 15.3.